The van der Waals surface area contributed by atoms with Crippen LogP contribution in [-0.4, -0.2) is 29.8 Å². The van der Waals surface area contributed by atoms with E-state index in [0.29, 0.717) is 12.0 Å². The van der Waals surface area contributed by atoms with Gasteiger partial charge in [-0.3, -0.25) is 4.79 Å². The normalized spacial score (nSPS) is 14.3. The number of carbonyl (C=O) groups excluding carboxylic acids is 1. The van der Waals surface area contributed by atoms with Crippen LogP contribution in [0, 0.1) is 0 Å². The van der Waals surface area contributed by atoms with Crippen LogP contribution >= 0.6 is 0 Å². The molecule has 124 valence electrons. The Bertz CT molecular complexity index is 499. The smallest absolute Gasteiger partial charge is 0.406 e. The summed E-state index contributed by atoms with van der Waals surface area (Å²) in [5.41, 5.74) is 5.73. The van der Waals surface area contributed by atoms with Gasteiger partial charge in [0, 0.05) is 13.6 Å². The van der Waals surface area contributed by atoms with Crippen LogP contribution in [0.15, 0.2) is 24.3 Å². The monoisotopic (exact) mass is 318 g/mol. The third-order valence-corrected chi connectivity index (χ3v) is 3.18. The number of nitrogens with two attached hydrogens (primary N) is 1. The van der Waals surface area contributed by atoms with Crippen molar-refractivity contribution in [1.82, 2.24) is 4.90 Å². The predicted molar refractivity (Wildman–Crippen MR) is 77.1 cm³/mol. The first-order chi connectivity index (χ1) is 10.0. The number of hydrogen-bond donors (Lipinski definition) is 1. The second-order valence-electron chi connectivity index (χ2n) is 5.52. The zero-order valence-corrected chi connectivity index (χ0v) is 12.9. The Kier molecular flexibility index (Phi) is 5.82. The standard InChI is InChI=1S/C15H21F3N2O2/c1-4-9-14(2,19)13(21)20(3)10-11-5-7-12(8-6-11)22-15(16,17)18/h5-8H,4,9-10,19H2,1-3H3. The maximum atomic E-state index is 12.2. The number of benzene rings is 1. The number of alkyl halides is 3. The summed E-state index contributed by atoms with van der Waals surface area (Å²) in [7, 11) is 1.61. The minimum absolute atomic E-state index is 0.204. The van der Waals surface area contributed by atoms with Crippen molar-refractivity contribution < 1.29 is 22.7 Å². The lowest BCUT2D eigenvalue weighted by Gasteiger charge is -2.29. The van der Waals surface area contributed by atoms with Crippen LogP contribution in [0.4, 0.5) is 13.2 Å². The molecule has 1 unspecified atom stereocenters. The van der Waals surface area contributed by atoms with Crippen molar-refractivity contribution in [2.75, 3.05) is 7.05 Å². The highest BCUT2D eigenvalue weighted by Gasteiger charge is 2.31. The number of ether oxygens (including phenoxy) is 1. The quantitative estimate of drug-likeness (QED) is 0.877. The summed E-state index contributed by atoms with van der Waals surface area (Å²) >= 11 is 0. The molecule has 0 aliphatic rings. The van der Waals surface area contributed by atoms with Crippen molar-refractivity contribution >= 4 is 5.91 Å². The van der Waals surface area contributed by atoms with Crippen LogP contribution in [0.1, 0.15) is 32.3 Å². The molecule has 4 nitrogen and oxygen atoms in total. The molecule has 1 aromatic carbocycles. The topological polar surface area (TPSA) is 55.6 Å². The molecule has 1 rings (SSSR count). The lowest BCUT2D eigenvalue weighted by atomic mass is 9.96. The van der Waals surface area contributed by atoms with E-state index in [0.717, 1.165) is 6.42 Å². The molecule has 0 saturated heterocycles. The predicted octanol–water partition coefficient (Wildman–Crippen LogP) is 3.06. The first-order valence-electron chi connectivity index (χ1n) is 6.94. The van der Waals surface area contributed by atoms with Gasteiger partial charge in [-0.2, -0.15) is 0 Å². The maximum Gasteiger partial charge on any atom is 0.573 e. The summed E-state index contributed by atoms with van der Waals surface area (Å²) in [4.78, 5) is 13.7. The van der Waals surface area contributed by atoms with Gasteiger partial charge < -0.3 is 15.4 Å². The molecule has 7 heteroatoms. The fourth-order valence-corrected chi connectivity index (χ4v) is 2.20. The van der Waals surface area contributed by atoms with Crippen LogP contribution < -0.4 is 10.5 Å². The Morgan fingerprint density at radius 1 is 1.27 bits per heavy atom. The van der Waals surface area contributed by atoms with Crippen molar-refractivity contribution in [1.29, 1.82) is 0 Å². The molecule has 0 aromatic heterocycles. The number of halogens is 3. The Labute approximate surface area is 128 Å². The van der Waals surface area contributed by atoms with E-state index in [1.165, 1.54) is 29.2 Å². The Balaban J connectivity index is 2.69. The fraction of sp³-hybridized carbons (Fsp3) is 0.533. The molecule has 0 bridgehead atoms. The fourth-order valence-electron chi connectivity index (χ4n) is 2.20. The molecule has 0 saturated carbocycles. The molecule has 0 heterocycles. The number of carbonyl (C=O) groups is 1. The van der Waals surface area contributed by atoms with E-state index in [1.54, 1.807) is 14.0 Å². The minimum Gasteiger partial charge on any atom is -0.406 e. The summed E-state index contributed by atoms with van der Waals surface area (Å²) in [6.07, 6.45) is -3.36. The van der Waals surface area contributed by atoms with Gasteiger partial charge in [0.2, 0.25) is 5.91 Å². The van der Waals surface area contributed by atoms with Crippen LogP contribution in [0.3, 0.4) is 0 Å². The molecule has 1 amide bonds. The maximum absolute atomic E-state index is 12.2. The summed E-state index contributed by atoms with van der Waals surface area (Å²) in [6, 6.07) is 5.40. The van der Waals surface area contributed by atoms with Gasteiger partial charge in [-0.15, -0.1) is 13.2 Å². The van der Waals surface area contributed by atoms with E-state index in [9.17, 15) is 18.0 Å². The Morgan fingerprint density at radius 3 is 2.27 bits per heavy atom. The lowest BCUT2D eigenvalue weighted by molar-refractivity contribution is -0.274. The summed E-state index contributed by atoms with van der Waals surface area (Å²) < 4.78 is 40.0. The Hall–Kier alpha value is -1.76. The molecular formula is C15H21F3N2O2. The van der Waals surface area contributed by atoms with Crippen LogP contribution in [-0.2, 0) is 11.3 Å². The molecule has 0 radical (unpaired) electrons. The number of nitrogens with zero attached hydrogens (tertiary/aromatic N) is 1. The number of rotatable bonds is 6. The molecule has 0 aliphatic heterocycles. The van der Waals surface area contributed by atoms with E-state index < -0.39 is 11.9 Å². The molecule has 1 atom stereocenters. The van der Waals surface area contributed by atoms with Gasteiger partial charge in [-0.1, -0.05) is 25.5 Å². The van der Waals surface area contributed by atoms with E-state index in [1.807, 2.05) is 6.92 Å². The SMILES string of the molecule is CCCC(C)(N)C(=O)N(C)Cc1ccc(OC(F)(F)F)cc1. The third kappa shape index (κ3) is 5.55. The van der Waals surface area contributed by atoms with Gasteiger partial charge in [-0.05, 0) is 31.0 Å². The second kappa shape index (κ2) is 7.00. The molecule has 0 fully saturated rings. The third-order valence-electron chi connectivity index (χ3n) is 3.18. The Morgan fingerprint density at radius 2 is 1.82 bits per heavy atom. The minimum atomic E-state index is -4.71. The molecule has 0 spiro atoms. The van der Waals surface area contributed by atoms with Gasteiger partial charge in [0.25, 0.3) is 0 Å². The van der Waals surface area contributed by atoms with Gasteiger partial charge >= 0.3 is 6.36 Å². The van der Waals surface area contributed by atoms with Crippen LogP contribution in [0.25, 0.3) is 0 Å². The first-order valence-corrected chi connectivity index (χ1v) is 6.94. The first kappa shape index (κ1) is 18.3. The van der Waals surface area contributed by atoms with Gasteiger partial charge in [-0.25, -0.2) is 0 Å². The highest BCUT2D eigenvalue weighted by Crippen LogP contribution is 2.23. The second-order valence-corrected chi connectivity index (χ2v) is 5.52. The number of amides is 1. The molecule has 2 N–H and O–H groups in total. The largest absolute Gasteiger partial charge is 0.573 e. The molecular weight excluding hydrogens is 297 g/mol. The average molecular weight is 318 g/mol. The molecule has 0 aliphatic carbocycles. The van der Waals surface area contributed by atoms with E-state index >= 15 is 0 Å². The highest BCUT2D eigenvalue weighted by atomic mass is 19.4. The van der Waals surface area contributed by atoms with E-state index in [-0.39, 0.29) is 18.2 Å². The van der Waals surface area contributed by atoms with E-state index in [2.05, 4.69) is 4.74 Å². The summed E-state index contributed by atoms with van der Waals surface area (Å²) in [5, 5.41) is 0. The number of hydrogen-bond acceptors (Lipinski definition) is 3. The lowest BCUT2D eigenvalue weighted by Crippen LogP contribution is -2.51. The number of likely N-dealkylation sites (N-methyl/N-ethyl adjacent to an activating group) is 1. The van der Waals surface area contributed by atoms with Crippen molar-refractivity contribution in [2.24, 2.45) is 5.73 Å². The molecule has 1 aromatic rings. The van der Waals surface area contributed by atoms with Crippen molar-refractivity contribution in [3.8, 4) is 5.75 Å². The molecule has 22 heavy (non-hydrogen) atoms. The van der Waals surface area contributed by atoms with E-state index in [4.69, 9.17) is 5.73 Å². The highest BCUT2D eigenvalue weighted by molar-refractivity contribution is 5.85. The van der Waals surface area contributed by atoms with Gasteiger partial charge in [0.15, 0.2) is 0 Å². The zero-order valence-electron chi connectivity index (χ0n) is 12.9. The van der Waals surface area contributed by atoms with Crippen molar-refractivity contribution in [2.45, 2.75) is 45.1 Å². The van der Waals surface area contributed by atoms with Crippen LogP contribution in [0.2, 0.25) is 0 Å². The van der Waals surface area contributed by atoms with Crippen molar-refractivity contribution in [3.63, 3.8) is 0 Å². The zero-order chi connectivity index (χ0) is 17.0. The summed E-state index contributed by atoms with van der Waals surface area (Å²) in [5.74, 6) is -0.496. The van der Waals surface area contributed by atoms with Gasteiger partial charge in [0.1, 0.15) is 5.75 Å². The van der Waals surface area contributed by atoms with Crippen molar-refractivity contribution in [3.05, 3.63) is 29.8 Å². The average Bonchev–Trinajstić information content (AvgIpc) is 2.38. The van der Waals surface area contributed by atoms with Gasteiger partial charge in [0.05, 0.1) is 5.54 Å². The van der Waals surface area contributed by atoms with Crippen LogP contribution in [0.5, 0.6) is 5.75 Å². The summed E-state index contributed by atoms with van der Waals surface area (Å²) in [6.45, 7) is 3.88.